The van der Waals surface area contributed by atoms with Gasteiger partial charge in [-0.3, -0.25) is 0 Å². The number of likely N-dealkylation sites (tertiary alicyclic amines) is 1. The molecule has 7 heteroatoms. The molecule has 1 aliphatic heterocycles. The molecule has 146 valence electrons. The second kappa shape index (κ2) is 8.69. The van der Waals surface area contributed by atoms with Gasteiger partial charge in [0.15, 0.2) is 0 Å². The molecule has 0 bridgehead atoms. The standard InChI is InChI=1S/C20H27N3O3S/c1-13(2)12-16(19(24)26-3)22-20(25)23-10-8-14(9-11-23)18-21-15-6-4-5-7-17(15)27-18/h4-7,13-14,16H,8-12H2,1-3H3,(H,22,25). The number of esters is 1. The van der Waals surface area contributed by atoms with E-state index in [1.807, 2.05) is 32.0 Å². The zero-order valence-corrected chi connectivity index (χ0v) is 16.9. The Hall–Kier alpha value is -2.15. The van der Waals surface area contributed by atoms with Crippen LogP contribution >= 0.6 is 11.3 Å². The summed E-state index contributed by atoms with van der Waals surface area (Å²) in [5.41, 5.74) is 1.05. The van der Waals surface area contributed by atoms with Crippen LogP contribution in [0.3, 0.4) is 0 Å². The lowest BCUT2D eigenvalue weighted by atomic mass is 9.97. The molecule has 1 aromatic heterocycles. The molecule has 1 atom stereocenters. The van der Waals surface area contributed by atoms with Crippen molar-refractivity contribution >= 4 is 33.6 Å². The number of fused-ring (bicyclic) bond motifs is 1. The third kappa shape index (κ3) is 4.77. The number of aromatic nitrogens is 1. The number of hydrogen-bond acceptors (Lipinski definition) is 5. The fraction of sp³-hybridized carbons (Fsp3) is 0.550. The summed E-state index contributed by atoms with van der Waals surface area (Å²) in [6.45, 7) is 5.38. The van der Waals surface area contributed by atoms with Crippen molar-refractivity contribution < 1.29 is 14.3 Å². The van der Waals surface area contributed by atoms with Gasteiger partial charge >= 0.3 is 12.0 Å². The smallest absolute Gasteiger partial charge is 0.328 e. The molecule has 3 rings (SSSR count). The van der Waals surface area contributed by atoms with Crippen molar-refractivity contribution in [3.63, 3.8) is 0 Å². The summed E-state index contributed by atoms with van der Waals surface area (Å²) < 4.78 is 6.04. The average Bonchev–Trinajstić information content (AvgIpc) is 3.10. The molecule has 27 heavy (non-hydrogen) atoms. The molecule has 1 fully saturated rings. The van der Waals surface area contributed by atoms with Crippen molar-refractivity contribution in [3.8, 4) is 0 Å². The number of ether oxygens (including phenoxy) is 1. The number of nitrogens with zero attached hydrogens (tertiary/aromatic N) is 2. The molecule has 1 aliphatic rings. The molecule has 6 nitrogen and oxygen atoms in total. The Morgan fingerprint density at radius 2 is 2.00 bits per heavy atom. The number of urea groups is 1. The van der Waals surface area contributed by atoms with E-state index in [0.29, 0.717) is 31.3 Å². The van der Waals surface area contributed by atoms with Gasteiger partial charge in [-0.25, -0.2) is 14.6 Å². The molecule has 0 saturated carbocycles. The Morgan fingerprint density at radius 3 is 2.63 bits per heavy atom. The molecule has 1 N–H and O–H groups in total. The van der Waals surface area contributed by atoms with Crippen molar-refractivity contribution in [3.05, 3.63) is 29.3 Å². The molecular weight excluding hydrogens is 362 g/mol. The lowest BCUT2D eigenvalue weighted by molar-refractivity contribution is -0.143. The summed E-state index contributed by atoms with van der Waals surface area (Å²) in [7, 11) is 1.35. The SMILES string of the molecule is COC(=O)C(CC(C)C)NC(=O)N1CCC(c2nc3ccccc3s2)CC1. The first kappa shape index (κ1) is 19.6. The number of methoxy groups -OCH3 is 1. The summed E-state index contributed by atoms with van der Waals surface area (Å²) >= 11 is 1.75. The zero-order valence-electron chi connectivity index (χ0n) is 16.1. The third-order valence-electron chi connectivity index (χ3n) is 4.93. The van der Waals surface area contributed by atoms with Crippen molar-refractivity contribution in [2.75, 3.05) is 20.2 Å². The average molecular weight is 390 g/mol. The van der Waals surface area contributed by atoms with Crippen molar-refractivity contribution in [2.24, 2.45) is 5.92 Å². The van der Waals surface area contributed by atoms with E-state index in [2.05, 4.69) is 11.4 Å². The Labute approximate surface area is 163 Å². The predicted molar refractivity (Wildman–Crippen MR) is 107 cm³/mol. The first-order valence-electron chi connectivity index (χ1n) is 9.46. The molecule has 0 spiro atoms. The summed E-state index contributed by atoms with van der Waals surface area (Å²) in [4.78, 5) is 31.1. The van der Waals surface area contributed by atoms with Gasteiger partial charge in [-0.1, -0.05) is 26.0 Å². The number of benzene rings is 1. The minimum Gasteiger partial charge on any atom is -0.467 e. The molecule has 1 unspecified atom stereocenters. The lowest BCUT2D eigenvalue weighted by Crippen LogP contribution is -2.50. The Bertz CT molecular complexity index is 764. The number of hydrogen-bond donors (Lipinski definition) is 1. The van der Waals surface area contributed by atoms with E-state index in [1.165, 1.54) is 11.8 Å². The van der Waals surface area contributed by atoms with Crippen LogP contribution in [0.15, 0.2) is 24.3 Å². The Kier molecular flexibility index (Phi) is 6.31. The number of piperidine rings is 1. The molecule has 0 aliphatic carbocycles. The second-order valence-corrected chi connectivity index (χ2v) is 8.50. The van der Waals surface area contributed by atoms with Crippen LogP contribution < -0.4 is 5.32 Å². The van der Waals surface area contributed by atoms with Gasteiger partial charge in [0.1, 0.15) is 6.04 Å². The van der Waals surface area contributed by atoms with E-state index in [9.17, 15) is 9.59 Å². The number of amides is 2. The normalized spacial score (nSPS) is 16.5. The van der Waals surface area contributed by atoms with Crippen molar-refractivity contribution in [1.82, 2.24) is 15.2 Å². The number of carbonyl (C=O) groups excluding carboxylic acids is 2. The van der Waals surface area contributed by atoms with Crippen LogP contribution in [0, 0.1) is 5.92 Å². The zero-order chi connectivity index (χ0) is 19.4. The molecule has 2 heterocycles. The molecule has 0 radical (unpaired) electrons. The Balaban J connectivity index is 1.57. The molecule has 2 amide bonds. The highest BCUT2D eigenvalue weighted by Crippen LogP contribution is 2.33. The highest BCUT2D eigenvalue weighted by atomic mass is 32.1. The summed E-state index contributed by atoms with van der Waals surface area (Å²) in [5, 5.41) is 4.00. The second-order valence-electron chi connectivity index (χ2n) is 7.44. The van der Waals surface area contributed by atoms with Gasteiger partial charge in [0.25, 0.3) is 0 Å². The predicted octanol–water partition coefficient (Wildman–Crippen LogP) is 3.77. The van der Waals surface area contributed by atoms with Gasteiger partial charge in [-0.05, 0) is 37.3 Å². The number of rotatable bonds is 5. The maximum atomic E-state index is 12.6. The molecule has 1 aromatic carbocycles. The van der Waals surface area contributed by atoms with Crippen molar-refractivity contribution in [2.45, 2.75) is 45.1 Å². The summed E-state index contributed by atoms with van der Waals surface area (Å²) in [5.74, 6) is 0.291. The summed E-state index contributed by atoms with van der Waals surface area (Å²) in [6, 6.07) is 7.40. The van der Waals surface area contributed by atoms with Gasteiger partial charge in [-0.15, -0.1) is 11.3 Å². The van der Waals surface area contributed by atoms with Crippen molar-refractivity contribution in [1.29, 1.82) is 0 Å². The van der Waals surface area contributed by atoms with Crippen LogP contribution in [0.4, 0.5) is 4.79 Å². The number of carbonyl (C=O) groups is 2. The topological polar surface area (TPSA) is 71.5 Å². The monoisotopic (exact) mass is 389 g/mol. The lowest BCUT2D eigenvalue weighted by Gasteiger charge is -2.32. The third-order valence-corrected chi connectivity index (χ3v) is 6.13. The Morgan fingerprint density at radius 1 is 1.30 bits per heavy atom. The van der Waals surface area contributed by atoms with Crippen LogP contribution in [0.25, 0.3) is 10.2 Å². The summed E-state index contributed by atoms with van der Waals surface area (Å²) in [6.07, 6.45) is 2.35. The van der Waals surface area contributed by atoms with E-state index in [4.69, 9.17) is 9.72 Å². The largest absolute Gasteiger partial charge is 0.467 e. The van der Waals surface area contributed by atoms with Gasteiger partial charge in [0.05, 0.1) is 22.3 Å². The fourth-order valence-electron chi connectivity index (χ4n) is 3.46. The number of nitrogens with one attached hydrogen (secondary N) is 1. The van der Waals surface area contributed by atoms with Gasteiger partial charge in [0.2, 0.25) is 0 Å². The minimum absolute atomic E-state index is 0.186. The van der Waals surface area contributed by atoms with Gasteiger partial charge in [-0.2, -0.15) is 0 Å². The highest BCUT2D eigenvalue weighted by molar-refractivity contribution is 7.18. The van der Waals surface area contributed by atoms with E-state index in [0.717, 1.165) is 23.4 Å². The van der Waals surface area contributed by atoms with Crippen LogP contribution in [0.2, 0.25) is 0 Å². The van der Waals surface area contributed by atoms with Crippen LogP contribution in [0.1, 0.15) is 44.0 Å². The number of thiazole rings is 1. The molecule has 2 aromatic rings. The fourth-order valence-corrected chi connectivity index (χ4v) is 4.60. The maximum absolute atomic E-state index is 12.6. The van der Waals surface area contributed by atoms with Crippen LogP contribution in [-0.4, -0.2) is 48.1 Å². The van der Waals surface area contributed by atoms with Gasteiger partial charge in [0, 0.05) is 19.0 Å². The van der Waals surface area contributed by atoms with Gasteiger partial charge < -0.3 is 15.0 Å². The molecular formula is C20H27N3O3S. The highest BCUT2D eigenvalue weighted by Gasteiger charge is 2.29. The first-order valence-corrected chi connectivity index (χ1v) is 10.3. The minimum atomic E-state index is -0.593. The molecule has 1 saturated heterocycles. The van der Waals surface area contributed by atoms with E-state index in [1.54, 1.807) is 16.2 Å². The first-order chi connectivity index (χ1) is 13.0. The van der Waals surface area contributed by atoms with Crippen LogP contribution in [-0.2, 0) is 9.53 Å². The van der Waals surface area contributed by atoms with Crippen LogP contribution in [0.5, 0.6) is 0 Å². The van der Waals surface area contributed by atoms with E-state index < -0.39 is 6.04 Å². The van der Waals surface area contributed by atoms with E-state index in [-0.39, 0.29) is 12.0 Å². The quantitative estimate of drug-likeness (QED) is 0.790. The van der Waals surface area contributed by atoms with E-state index >= 15 is 0 Å². The number of para-hydroxylation sites is 1. The maximum Gasteiger partial charge on any atom is 0.328 e.